The molecule has 1 heterocycles. The lowest BCUT2D eigenvalue weighted by Crippen LogP contribution is -2.24. The third-order valence-electron chi connectivity index (χ3n) is 5.98. The van der Waals surface area contributed by atoms with Crippen LogP contribution in [0.2, 0.25) is 0 Å². The van der Waals surface area contributed by atoms with Gasteiger partial charge in [0, 0.05) is 41.2 Å². The van der Waals surface area contributed by atoms with Crippen LogP contribution in [0.1, 0.15) is 29.8 Å². The fourth-order valence-corrected chi connectivity index (χ4v) is 5.26. The van der Waals surface area contributed by atoms with E-state index in [4.69, 9.17) is 4.74 Å². The second-order valence-electron chi connectivity index (χ2n) is 8.46. The number of nitrogens with one attached hydrogen (secondary N) is 1. The zero-order chi connectivity index (χ0) is 23.8. The van der Waals surface area contributed by atoms with Gasteiger partial charge in [0.05, 0.1) is 12.0 Å². The van der Waals surface area contributed by atoms with Crippen LogP contribution in [0, 0.1) is 0 Å². The Balaban J connectivity index is 1.62. The van der Waals surface area contributed by atoms with Gasteiger partial charge in [-0.15, -0.1) is 0 Å². The molecule has 3 aromatic rings. The number of carbonyl (C=O) groups is 1. The van der Waals surface area contributed by atoms with Gasteiger partial charge in [-0.3, -0.25) is 9.52 Å². The maximum Gasteiger partial charge on any atom is 0.261 e. The lowest BCUT2D eigenvalue weighted by atomic mass is 9.83. The first-order valence-corrected chi connectivity index (χ1v) is 12.0. The maximum atomic E-state index is 13.2. The summed E-state index contributed by atoms with van der Waals surface area (Å²) in [6.07, 6.45) is 1.60. The van der Waals surface area contributed by atoms with E-state index >= 15 is 0 Å². The Morgan fingerprint density at radius 1 is 1.00 bits per heavy atom. The van der Waals surface area contributed by atoms with Crippen LogP contribution in [0.25, 0.3) is 0 Å². The molecular formula is C26H26N2O4S. The summed E-state index contributed by atoms with van der Waals surface area (Å²) < 4.78 is 33.4. The zero-order valence-corrected chi connectivity index (χ0v) is 19.8. The largest absolute Gasteiger partial charge is 0.497 e. The average molecular weight is 463 g/mol. The summed E-state index contributed by atoms with van der Waals surface area (Å²) in [6.45, 7) is 4.15. The second-order valence-corrected chi connectivity index (χ2v) is 10.1. The van der Waals surface area contributed by atoms with Crippen molar-refractivity contribution in [2.24, 2.45) is 0 Å². The standard InChI is InChI=1S/C26H26N2O4S/c1-26(2)22-10-5-6-11-23(22)28(3)25(26)17-24(29)18-8-7-9-21(16-18)33(30,31)27-19-12-14-20(32-4)15-13-19/h5-17,27H,1-4H3. The Labute approximate surface area is 194 Å². The quantitative estimate of drug-likeness (QED) is 0.413. The zero-order valence-electron chi connectivity index (χ0n) is 19.0. The Kier molecular flexibility index (Phi) is 5.76. The van der Waals surface area contributed by atoms with Crippen molar-refractivity contribution in [3.63, 3.8) is 0 Å². The highest BCUT2D eigenvalue weighted by Gasteiger charge is 2.38. The van der Waals surface area contributed by atoms with Crippen molar-refractivity contribution in [3.8, 4) is 5.75 Å². The number of para-hydroxylation sites is 1. The van der Waals surface area contributed by atoms with E-state index in [0.29, 0.717) is 17.0 Å². The highest BCUT2D eigenvalue weighted by molar-refractivity contribution is 7.92. The van der Waals surface area contributed by atoms with Gasteiger partial charge in [0.2, 0.25) is 0 Å². The van der Waals surface area contributed by atoms with E-state index in [2.05, 4.69) is 24.6 Å². The van der Waals surface area contributed by atoms with E-state index in [0.717, 1.165) is 16.9 Å². The SMILES string of the molecule is COc1ccc(NS(=O)(=O)c2cccc(C(=O)C=C3N(C)c4ccccc4C3(C)C)c2)cc1. The average Bonchev–Trinajstić information content (AvgIpc) is 3.00. The second kappa shape index (κ2) is 8.41. The van der Waals surface area contributed by atoms with Crippen molar-refractivity contribution in [3.05, 3.63) is 95.7 Å². The first-order chi connectivity index (χ1) is 15.6. The molecular weight excluding hydrogens is 436 g/mol. The Bertz CT molecular complexity index is 1340. The summed E-state index contributed by atoms with van der Waals surface area (Å²) in [5.74, 6) is 0.375. The minimum atomic E-state index is -3.87. The van der Waals surface area contributed by atoms with Gasteiger partial charge < -0.3 is 9.64 Å². The van der Waals surface area contributed by atoms with Gasteiger partial charge in [-0.1, -0.05) is 44.2 Å². The summed E-state index contributed by atoms with van der Waals surface area (Å²) in [4.78, 5) is 15.2. The predicted octanol–water partition coefficient (Wildman–Crippen LogP) is 4.99. The third-order valence-corrected chi connectivity index (χ3v) is 7.36. The summed E-state index contributed by atoms with van der Waals surface area (Å²) >= 11 is 0. The molecule has 4 rings (SSSR count). The topological polar surface area (TPSA) is 75.7 Å². The molecule has 170 valence electrons. The van der Waals surface area contributed by atoms with E-state index in [1.165, 1.54) is 12.1 Å². The molecule has 0 spiro atoms. The molecule has 6 nitrogen and oxygen atoms in total. The molecule has 0 aromatic heterocycles. The molecule has 0 fully saturated rings. The third kappa shape index (κ3) is 4.24. The molecule has 7 heteroatoms. The molecule has 0 bridgehead atoms. The number of hydrogen-bond acceptors (Lipinski definition) is 5. The van der Waals surface area contributed by atoms with Crippen LogP contribution in [0.3, 0.4) is 0 Å². The van der Waals surface area contributed by atoms with Crippen LogP contribution in [0.5, 0.6) is 5.75 Å². The van der Waals surface area contributed by atoms with Crippen molar-refractivity contribution in [1.82, 2.24) is 0 Å². The van der Waals surface area contributed by atoms with E-state index < -0.39 is 10.0 Å². The normalized spacial score (nSPS) is 15.9. The molecule has 1 N–H and O–H groups in total. The molecule has 0 saturated heterocycles. The Hall–Kier alpha value is -3.58. The molecule has 0 aliphatic carbocycles. The number of ketones is 1. The fraction of sp³-hybridized carbons (Fsp3) is 0.192. The number of methoxy groups -OCH3 is 1. The van der Waals surface area contributed by atoms with Crippen LogP contribution < -0.4 is 14.4 Å². The van der Waals surface area contributed by atoms with Crippen LogP contribution in [0.15, 0.2) is 89.5 Å². The number of ether oxygens (including phenoxy) is 1. The number of rotatable bonds is 6. The number of fused-ring (bicyclic) bond motifs is 1. The summed E-state index contributed by atoms with van der Waals surface area (Å²) in [5, 5.41) is 0. The minimum Gasteiger partial charge on any atom is -0.497 e. The number of carbonyl (C=O) groups excluding carboxylic acids is 1. The number of hydrogen-bond donors (Lipinski definition) is 1. The fourth-order valence-electron chi connectivity index (χ4n) is 4.16. The number of likely N-dealkylation sites (N-methyl/N-ethyl adjacent to an activating group) is 1. The van der Waals surface area contributed by atoms with Gasteiger partial charge >= 0.3 is 0 Å². The molecule has 0 amide bonds. The van der Waals surface area contributed by atoms with Crippen molar-refractivity contribution in [2.45, 2.75) is 24.2 Å². The lowest BCUT2D eigenvalue weighted by Gasteiger charge is -2.24. The molecule has 1 aliphatic rings. The van der Waals surface area contributed by atoms with E-state index in [1.807, 2.05) is 30.1 Å². The predicted molar refractivity (Wildman–Crippen MR) is 131 cm³/mol. The summed E-state index contributed by atoms with van der Waals surface area (Å²) in [7, 11) is -0.389. The van der Waals surface area contributed by atoms with Crippen molar-refractivity contribution < 1.29 is 17.9 Å². The number of benzene rings is 3. The van der Waals surface area contributed by atoms with Crippen LogP contribution in [0.4, 0.5) is 11.4 Å². The van der Waals surface area contributed by atoms with Gasteiger partial charge in [-0.05, 0) is 48.0 Å². The van der Waals surface area contributed by atoms with Crippen LogP contribution in [-0.4, -0.2) is 28.4 Å². The first-order valence-electron chi connectivity index (χ1n) is 10.5. The lowest BCUT2D eigenvalue weighted by molar-refractivity contribution is 0.104. The highest BCUT2D eigenvalue weighted by Crippen LogP contribution is 2.46. The molecule has 0 unspecified atom stereocenters. The number of nitrogens with zero attached hydrogens (tertiary/aromatic N) is 1. The monoisotopic (exact) mass is 462 g/mol. The smallest absolute Gasteiger partial charge is 0.261 e. The van der Waals surface area contributed by atoms with Gasteiger partial charge in [-0.2, -0.15) is 0 Å². The van der Waals surface area contributed by atoms with E-state index in [1.54, 1.807) is 49.6 Å². The Morgan fingerprint density at radius 2 is 1.70 bits per heavy atom. The van der Waals surface area contributed by atoms with Gasteiger partial charge in [-0.25, -0.2) is 8.42 Å². The summed E-state index contributed by atoms with van der Waals surface area (Å²) in [6, 6.07) is 20.7. The molecule has 1 aliphatic heterocycles. The molecule has 0 saturated carbocycles. The van der Waals surface area contributed by atoms with Crippen molar-refractivity contribution >= 4 is 27.2 Å². The summed E-state index contributed by atoms with van der Waals surface area (Å²) in [5.41, 5.74) is 3.43. The van der Waals surface area contributed by atoms with Crippen molar-refractivity contribution in [2.75, 3.05) is 23.8 Å². The molecule has 0 atom stereocenters. The van der Waals surface area contributed by atoms with Gasteiger partial charge in [0.15, 0.2) is 5.78 Å². The minimum absolute atomic E-state index is 0.0184. The molecule has 3 aromatic carbocycles. The highest BCUT2D eigenvalue weighted by atomic mass is 32.2. The van der Waals surface area contributed by atoms with Crippen LogP contribution >= 0.6 is 0 Å². The van der Waals surface area contributed by atoms with Crippen molar-refractivity contribution in [1.29, 1.82) is 0 Å². The van der Waals surface area contributed by atoms with E-state index in [-0.39, 0.29) is 16.1 Å². The van der Waals surface area contributed by atoms with Gasteiger partial charge in [0.25, 0.3) is 10.0 Å². The van der Waals surface area contributed by atoms with Crippen LogP contribution in [-0.2, 0) is 15.4 Å². The number of sulfonamides is 1. The number of allylic oxidation sites excluding steroid dienone is 2. The first kappa shape index (κ1) is 22.6. The maximum absolute atomic E-state index is 13.2. The number of anilines is 2. The molecule has 0 radical (unpaired) electrons. The molecule has 33 heavy (non-hydrogen) atoms. The van der Waals surface area contributed by atoms with E-state index in [9.17, 15) is 13.2 Å². The van der Waals surface area contributed by atoms with Gasteiger partial charge in [0.1, 0.15) is 5.75 Å². The Morgan fingerprint density at radius 3 is 2.36 bits per heavy atom.